The van der Waals surface area contributed by atoms with Crippen LogP contribution in [-0.4, -0.2) is 33.4 Å². The van der Waals surface area contributed by atoms with Crippen molar-refractivity contribution in [3.05, 3.63) is 124 Å². The minimum atomic E-state index is -0.683. The van der Waals surface area contributed by atoms with E-state index in [9.17, 15) is 19.8 Å². The second-order valence-electron chi connectivity index (χ2n) is 17.1. The minimum absolute atomic E-state index is 0.0360. The summed E-state index contributed by atoms with van der Waals surface area (Å²) in [4.78, 5) is 30.0. The van der Waals surface area contributed by atoms with Crippen LogP contribution in [0.25, 0.3) is 0 Å². The van der Waals surface area contributed by atoms with Crippen molar-refractivity contribution in [1.29, 1.82) is 0 Å². The summed E-state index contributed by atoms with van der Waals surface area (Å²) in [5.74, 6) is 6.55. The topological polar surface area (TPSA) is 152 Å². The Bertz CT molecular complexity index is 2170. The van der Waals surface area contributed by atoms with Crippen molar-refractivity contribution in [2.75, 3.05) is 6.61 Å². The molecule has 2 fully saturated rings. The van der Waals surface area contributed by atoms with Gasteiger partial charge in [-0.25, -0.2) is 0 Å². The first-order chi connectivity index (χ1) is 27.5. The van der Waals surface area contributed by atoms with Gasteiger partial charge in [0, 0.05) is 53.8 Å². The van der Waals surface area contributed by atoms with Crippen LogP contribution in [0.15, 0.2) is 79.0 Å². The maximum Gasteiger partial charge on any atom is 0.165 e. The average Bonchev–Trinajstić information content (AvgIpc) is 3.99. The summed E-state index contributed by atoms with van der Waals surface area (Å²) < 4.78 is 6.10. The Morgan fingerprint density at radius 1 is 0.912 bits per heavy atom. The molecule has 57 heavy (non-hydrogen) atoms. The molecule has 8 nitrogen and oxygen atoms in total. The summed E-state index contributed by atoms with van der Waals surface area (Å²) in [6.07, 6.45) is 19.8. The number of aromatic amines is 1. The van der Waals surface area contributed by atoms with E-state index in [1.54, 1.807) is 24.4 Å². The number of fused-ring (bicyclic) bond motifs is 2. The number of ether oxygens (including phenoxy) is 1. The average molecular weight is 768 g/mol. The molecule has 8 heteroatoms. The van der Waals surface area contributed by atoms with Gasteiger partial charge in [-0.1, -0.05) is 80.9 Å². The Morgan fingerprint density at radius 3 is 2.42 bits per heavy atom. The molecule has 0 saturated heterocycles. The monoisotopic (exact) mass is 767 g/mol. The fourth-order valence-electron chi connectivity index (χ4n) is 9.29. The normalized spacial score (nSPS) is 18.6. The van der Waals surface area contributed by atoms with Gasteiger partial charge in [0.05, 0.1) is 19.2 Å². The van der Waals surface area contributed by atoms with Crippen LogP contribution in [0.3, 0.4) is 0 Å². The SMILES string of the molecule is CC1(CCC2(C=CC(=O)CCc3ccc(O)c(OCCc4ccc(O)c(C5CC(=O)c6cc[nH]c6CC#Cc6cc(C(N)N)ccc65)c4)c3)CCCC2)CCCC1. The number of hydrogen-bond donors (Lipinski definition) is 5. The van der Waals surface area contributed by atoms with E-state index in [2.05, 4.69) is 29.8 Å². The largest absolute Gasteiger partial charge is 0.508 e. The van der Waals surface area contributed by atoms with Gasteiger partial charge >= 0.3 is 0 Å². The zero-order chi connectivity index (χ0) is 40.0. The summed E-state index contributed by atoms with van der Waals surface area (Å²) in [6.45, 7) is 2.71. The van der Waals surface area contributed by atoms with E-state index in [-0.39, 0.29) is 41.5 Å². The molecule has 0 amide bonds. The summed E-state index contributed by atoms with van der Waals surface area (Å²) in [7, 11) is 0. The molecule has 1 atom stereocenters. The van der Waals surface area contributed by atoms with Crippen LogP contribution in [0.5, 0.6) is 17.2 Å². The summed E-state index contributed by atoms with van der Waals surface area (Å²) >= 11 is 0. The molecule has 298 valence electrons. The van der Waals surface area contributed by atoms with Crippen molar-refractivity contribution >= 4 is 11.6 Å². The third kappa shape index (κ3) is 9.72. The lowest BCUT2D eigenvalue weighted by molar-refractivity contribution is -0.114. The molecule has 3 aromatic carbocycles. The number of phenolic OH excluding ortho intramolecular Hbond substituents is 2. The number of carbonyl (C=O) groups is 2. The number of carbonyl (C=O) groups excluding carboxylic acids is 2. The molecule has 3 aliphatic rings. The third-order valence-electron chi connectivity index (χ3n) is 12.9. The molecule has 2 saturated carbocycles. The summed E-state index contributed by atoms with van der Waals surface area (Å²) in [5, 5.41) is 21.9. The number of nitrogens with one attached hydrogen (secondary N) is 1. The van der Waals surface area contributed by atoms with Crippen molar-refractivity contribution in [2.24, 2.45) is 22.3 Å². The van der Waals surface area contributed by atoms with E-state index >= 15 is 0 Å². The maximum absolute atomic E-state index is 13.7. The Balaban J connectivity index is 1.01. The van der Waals surface area contributed by atoms with Crippen LogP contribution in [0, 0.1) is 22.7 Å². The van der Waals surface area contributed by atoms with Crippen LogP contribution in [0.1, 0.15) is 145 Å². The second kappa shape index (κ2) is 17.6. The fourth-order valence-corrected chi connectivity index (χ4v) is 9.29. The quantitative estimate of drug-likeness (QED) is 0.0487. The van der Waals surface area contributed by atoms with Gasteiger partial charge in [-0.15, -0.1) is 0 Å². The van der Waals surface area contributed by atoms with Crippen molar-refractivity contribution in [3.63, 3.8) is 0 Å². The lowest BCUT2D eigenvalue weighted by Gasteiger charge is -2.31. The number of H-pyrrole nitrogens is 1. The smallest absolute Gasteiger partial charge is 0.165 e. The third-order valence-corrected chi connectivity index (χ3v) is 12.9. The first kappa shape index (κ1) is 40.1. The van der Waals surface area contributed by atoms with Crippen LogP contribution in [0.2, 0.25) is 0 Å². The van der Waals surface area contributed by atoms with Crippen LogP contribution < -0.4 is 16.2 Å². The number of allylic oxidation sites excluding steroid dienone is 2. The van der Waals surface area contributed by atoms with Gasteiger partial charge in [-0.3, -0.25) is 9.59 Å². The zero-order valence-electron chi connectivity index (χ0n) is 33.2. The first-order valence-electron chi connectivity index (χ1n) is 20.8. The number of benzene rings is 3. The number of aromatic hydroxyl groups is 2. The molecular weight excluding hydrogens is 711 g/mol. The van der Waals surface area contributed by atoms with Crippen molar-refractivity contribution in [2.45, 2.75) is 115 Å². The molecule has 7 N–H and O–H groups in total. The number of ketones is 2. The van der Waals surface area contributed by atoms with Crippen LogP contribution in [-0.2, 0) is 24.1 Å². The predicted molar refractivity (Wildman–Crippen MR) is 224 cm³/mol. The highest BCUT2D eigenvalue weighted by Crippen LogP contribution is 2.49. The van der Waals surface area contributed by atoms with Crippen LogP contribution >= 0.6 is 0 Å². The highest BCUT2D eigenvalue weighted by Gasteiger charge is 2.36. The fraction of sp³-hybridized carbons (Fsp3) is 0.429. The van der Waals surface area contributed by atoms with Crippen molar-refractivity contribution < 1.29 is 24.5 Å². The van der Waals surface area contributed by atoms with Gasteiger partial charge in [-0.2, -0.15) is 0 Å². The molecule has 7 rings (SSSR count). The highest BCUT2D eigenvalue weighted by molar-refractivity contribution is 5.98. The number of aryl methyl sites for hydroxylation is 1. The van der Waals surface area contributed by atoms with Gasteiger partial charge in [0.2, 0.25) is 0 Å². The Morgan fingerprint density at radius 2 is 1.65 bits per heavy atom. The molecular formula is C49H57N3O5. The molecule has 4 aromatic rings. The molecule has 0 bridgehead atoms. The molecule has 1 aromatic heterocycles. The number of phenols is 2. The number of Topliss-reactive ketones (excluding diaryl/α,β-unsaturated/α-hetero) is 1. The highest BCUT2D eigenvalue weighted by atomic mass is 16.5. The van der Waals surface area contributed by atoms with E-state index in [1.807, 2.05) is 48.5 Å². The van der Waals surface area contributed by atoms with Gasteiger partial charge < -0.3 is 31.4 Å². The summed E-state index contributed by atoms with van der Waals surface area (Å²) in [6, 6.07) is 18.1. The van der Waals surface area contributed by atoms with E-state index in [1.165, 1.54) is 64.2 Å². The number of aromatic nitrogens is 1. The first-order valence-corrected chi connectivity index (χ1v) is 20.8. The number of hydrogen-bond acceptors (Lipinski definition) is 7. The number of nitrogens with two attached hydrogens (primary N) is 2. The lowest BCUT2D eigenvalue weighted by Crippen LogP contribution is -2.20. The van der Waals surface area contributed by atoms with E-state index in [0.29, 0.717) is 53.5 Å². The van der Waals surface area contributed by atoms with E-state index < -0.39 is 12.1 Å². The molecule has 0 spiro atoms. The zero-order valence-corrected chi connectivity index (χ0v) is 33.2. The second-order valence-corrected chi connectivity index (χ2v) is 17.1. The predicted octanol–water partition coefficient (Wildman–Crippen LogP) is 9.25. The van der Waals surface area contributed by atoms with Gasteiger partial charge in [-0.05, 0) is 114 Å². The molecule has 1 unspecified atom stereocenters. The van der Waals surface area contributed by atoms with Gasteiger partial charge in [0.25, 0.3) is 0 Å². The standard InChI is InChI=1S/C49H57N3O5/c1-48(20-2-3-21-48)25-26-49(22-4-5-23-49)24-17-37(53)13-9-33-11-16-44(55)46(30-33)57-28-19-34-10-15-43(54)41(29-34)40-32-45(56)39-18-27-52-42(39)8-6-7-35-31-36(47(50)51)12-14-38(35)40/h10-12,14-18,24,27,29-31,40,47,52,54-55H,2-5,8-9,13,19-23,25-26,28,32,50-51H2,1H3. The van der Waals surface area contributed by atoms with E-state index in [0.717, 1.165) is 27.9 Å². The molecule has 3 aliphatic carbocycles. The van der Waals surface area contributed by atoms with Crippen molar-refractivity contribution in [1.82, 2.24) is 4.98 Å². The Kier molecular flexibility index (Phi) is 12.4. The molecule has 1 heterocycles. The molecule has 0 radical (unpaired) electrons. The summed E-state index contributed by atoms with van der Waals surface area (Å²) in [5.41, 5.74) is 18.7. The van der Waals surface area contributed by atoms with Gasteiger partial charge in [0.1, 0.15) is 5.75 Å². The van der Waals surface area contributed by atoms with E-state index in [4.69, 9.17) is 16.2 Å². The van der Waals surface area contributed by atoms with Crippen LogP contribution in [0.4, 0.5) is 0 Å². The maximum atomic E-state index is 13.7. The Hall–Kier alpha value is -5.10. The molecule has 0 aliphatic heterocycles. The lowest BCUT2D eigenvalue weighted by atomic mass is 9.74. The number of rotatable bonds is 14. The van der Waals surface area contributed by atoms with Gasteiger partial charge in [0.15, 0.2) is 23.1 Å². The minimum Gasteiger partial charge on any atom is -0.508 e. The van der Waals surface area contributed by atoms with Crippen molar-refractivity contribution in [3.8, 4) is 29.1 Å². The Labute approximate surface area is 337 Å².